The van der Waals surface area contributed by atoms with Gasteiger partial charge in [0.1, 0.15) is 12.1 Å². The number of carbonyl (C=O) groups is 2. The average Bonchev–Trinajstić information content (AvgIpc) is 3.23. The lowest BCUT2D eigenvalue weighted by molar-refractivity contribution is -0.126. The number of benzene rings is 2. The Morgan fingerprint density at radius 2 is 1.73 bits per heavy atom. The summed E-state index contributed by atoms with van der Waals surface area (Å²) in [6.45, 7) is 5.18. The molecule has 2 saturated heterocycles. The van der Waals surface area contributed by atoms with Crippen LogP contribution in [0.25, 0.3) is 0 Å². The maximum absolute atomic E-state index is 13.8. The highest BCUT2D eigenvalue weighted by Crippen LogP contribution is 2.42. The molecular weight excluding hydrogens is 461 g/mol. The molecule has 1 atom stereocenters. The first kappa shape index (κ1) is 22.2. The maximum atomic E-state index is 13.8. The molecule has 0 aromatic heterocycles. The summed E-state index contributed by atoms with van der Waals surface area (Å²) in [4.78, 5) is 34.7. The van der Waals surface area contributed by atoms with Crippen LogP contribution in [0.4, 0.5) is 10.5 Å². The summed E-state index contributed by atoms with van der Waals surface area (Å²) in [6, 6.07) is 12.4. The first-order valence-electron chi connectivity index (χ1n) is 11.1. The van der Waals surface area contributed by atoms with Gasteiger partial charge in [-0.15, -0.1) is 0 Å². The van der Waals surface area contributed by atoms with Gasteiger partial charge >= 0.3 is 6.03 Å². The quantitative estimate of drug-likeness (QED) is 0.538. The van der Waals surface area contributed by atoms with Crippen LogP contribution in [0.1, 0.15) is 44.2 Å². The Labute approximate surface area is 203 Å². The fourth-order valence-electron chi connectivity index (χ4n) is 4.94. The van der Waals surface area contributed by atoms with E-state index in [2.05, 4.69) is 4.99 Å². The lowest BCUT2D eigenvalue weighted by Crippen LogP contribution is -2.54. The Bertz CT molecular complexity index is 1140. The number of amides is 3. The van der Waals surface area contributed by atoms with E-state index in [9.17, 15) is 9.59 Å². The van der Waals surface area contributed by atoms with Crippen LogP contribution in [0, 0.1) is 0 Å². The molecule has 172 valence electrons. The first-order valence-corrected chi connectivity index (χ1v) is 11.9. The summed E-state index contributed by atoms with van der Waals surface area (Å²) in [5.74, 6) is 0.417. The lowest BCUT2D eigenvalue weighted by atomic mass is 9.81. The molecule has 0 saturated carbocycles. The summed E-state index contributed by atoms with van der Waals surface area (Å²) in [6.07, 6.45) is 2.82. The van der Waals surface area contributed by atoms with Crippen LogP contribution in [0.5, 0.6) is 0 Å². The van der Waals surface area contributed by atoms with Crippen molar-refractivity contribution < 1.29 is 14.3 Å². The van der Waals surface area contributed by atoms with Gasteiger partial charge in [0, 0.05) is 28.6 Å². The molecule has 0 radical (unpaired) electrons. The van der Waals surface area contributed by atoms with Crippen LogP contribution in [0.2, 0.25) is 10.0 Å². The van der Waals surface area contributed by atoms with Crippen molar-refractivity contribution in [3.05, 3.63) is 63.6 Å². The minimum atomic E-state index is -0.908. The molecule has 3 amide bonds. The van der Waals surface area contributed by atoms with Crippen LogP contribution in [-0.4, -0.2) is 47.0 Å². The van der Waals surface area contributed by atoms with Crippen molar-refractivity contribution in [3.63, 3.8) is 0 Å². The normalized spacial score (nSPS) is 24.1. The zero-order valence-electron chi connectivity index (χ0n) is 18.6. The van der Waals surface area contributed by atoms with Crippen molar-refractivity contribution in [1.29, 1.82) is 0 Å². The molecule has 5 rings (SSSR count). The molecule has 6 nitrogen and oxygen atoms in total. The smallest absolute Gasteiger partial charge is 0.332 e. The third-order valence-electron chi connectivity index (χ3n) is 6.53. The number of urea groups is 1. The molecule has 2 fully saturated rings. The summed E-state index contributed by atoms with van der Waals surface area (Å²) in [7, 11) is 0. The Morgan fingerprint density at radius 3 is 2.36 bits per heavy atom. The second kappa shape index (κ2) is 8.03. The number of hydrogen-bond donors (Lipinski definition) is 0. The highest BCUT2D eigenvalue weighted by molar-refractivity contribution is 6.35. The summed E-state index contributed by atoms with van der Waals surface area (Å²) >= 11 is 12.3. The molecule has 0 N–H and O–H groups in total. The first-order chi connectivity index (χ1) is 15.7. The van der Waals surface area contributed by atoms with E-state index in [0.29, 0.717) is 47.6 Å². The molecule has 0 spiro atoms. The molecule has 2 aromatic carbocycles. The van der Waals surface area contributed by atoms with Crippen LogP contribution in [0.15, 0.2) is 47.5 Å². The molecule has 1 unspecified atom stereocenters. The van der Waals surface area contributed by atoms with E-state index in [1.165, 1.54) is 4.90 Å². The van der Waals surface area contributed by atoms with Gasteiger partial charge in [0.25, 0.3) is 5.91 Å². The molecule has 0 aliphatic carbocycles. The standard InChI is InChI=1S/C25H25Cl2N3O3/c1-24(2)15-33-21(28-24)17-7-5-16(6-8-17)14-25-9-3-4-10-29(25)23(32)30(22(25)31)20-12-18(26)11-19(27)13-20/h5-8,11-13H,3-4,9-10,14-15H2,1-2H3. The largest absolute Gasteiger partial charge is 0.475 e. The number of fused-ring (bicyclic) bond motifs is 1. The van der Waals surface area contributed by atoms with Gasteiger partial charge in [0.15, 0.2) is 0 Å². The zero-order chi connectivity index (χ0) is 23.4. The number of halogens is 2. The molecule has 3 aliphatic rings. The summed E-state index contributed by atoms with van der Waals surface area (Å²) < 4.78 is 5.74. The van der Waals surface area contributed by atoms with Gasteiger partial charge in [-0.3, -0.25) is 4.79 Å². The number of aliphatic imine (C=N–C) groups is 1. The molecule has 0 bridgehead atoms. The number of ether oxygens (including phenoxy) is 1. The SMILES string of the molecule is CC1(C)COC(c2ccc(CC34CCCCN3C(=O)N(c3cc(Cl)cc(Cl)c3)C4=O)cc2)=N1. The number of carbonyl (C=O) groups excluding carboxylic acids is 2. The number of rotatable bonds is 4. The van der Waals surface area contributed by atoms with E-state index >= 15 is 0 Å². The molecular formula is C25H25Cl2N3O3. The predicted molar refractivity (Wildman–Crippen MR) is 129 cm³/mol. The van der Waals surface area contributed by atoms with Crippen molar-refractivity contribution in [2.45, 2.75) is 50.6 Å². The second-order valence-corrected chi connectivity index (χ2v) is 10.5. The van der Waals surface area contributed by atoms with E-state index in [1.54, 1.807) is 23.1 Å². The molecule has 8 heteroatoms. The third kappa shape index (κ3) is 3.89. The van der Waals surface area contributed by atoms with Crippen molar-refractivity contribution in [1.82, 2.24) is 4.90 Å². The van der Waals surface area contributed by atoms with Gasteiger partial charge in [0.2, 0.25) is 5.90 Å². The van der Waals surface area contributed by atoms with Gasteiger partial charge in [-0.05, 0) is 69.0 Å². The Morgan fingerprint density at radius 1 is 1.03 bits per heavy atom. The minimum absolute atomic E-state index is 0.222. The number of imide groups is 1. The van der Waals surface area contributed by atoms with Crippen molar-refractivity contribution in [2.24, 2.45) is 4.99 Å². The van der Waals surface area contributed by atoms with E-state index < -0.39 is 5.54 Å². The highest BCUT2D eigenvalue weighted by Gasteiger charge is 2.58. The van der Waals surface area contributed by atoms with Crippen LogP contribution >= 0.6 is 23.2 Å². The maximum Gasteiger partial charge on any atom is 0.332 e. The monoisotopic (exact) mass is 485 g/mol. The third-order valence-corrected chi connectivity index (χ3v) is 6.97. The van der Waals surface area contributed by atoms with Gasteiger partial charge < -0.3 is 9.64 Å². The second-order valence-electron chi connectivity index (χ2n) is 9.58. The van der Waals surface area contributed by atoms with Crippen molar-refractivity contribution in [3.8, 4) is 0 Å². The van der Waals surface area contributed by atoms with Gasteiger partial charge in [0.05, 0.1) is 11.2 Å². The molecule has 3 heterocycles. The highest BCUT2D eigenvalue weighted by atomic mass is 35.5. The number of piperidine rings is 1. The van der Waals surface area contributed by atoms with Gasteiger partial charge in [-0.25, -0.2) is 14.7 Å². The lowest BCUT2D eigenvalue weighted by Gasteiger charge is -2.39. The fraction of sp³-hybridized carbons (Fsp3) is 0.400. The topological polar surface area (TPSA) is 62.2 Å². The van der Waals surface area contributed by atoms with Crippen LogP contribution in [0.3, 0.4) is 0 Å². The Kier molecular flexibility index (Phi) is 5.41. The average molecular weight is 486 g/mol. The van der Waals surface area contributed by atoms with Gasteiger partial charge in [-0.2, -0.15) is 0 Å². The van der Waals surface area contributed by atoms with Crippen LogP contribution < -0.4 is 4.90 Å². The van der Waals surface area contributed by atoms with E-state index in [1.807, 2.05) is 38.1 Å². The van der Waals surface area contributed by atoms with Crippen LogP contribution in [-0.2, 0) is 16.0 Å². The fourth-order valence-corrected chi connectivity index (χ4v) is 5.46. The number of nitrogens with zero attached hydrogens (tertiary/aromatic N) is 3. The molecule has 3 aliphatic heterocycles. The summed E-state index contributed by atoms with van der Waals surface area (Å²) in [5, 5.41) is 0.765. The van der Waals surface area contributed by atoms with Crippen molar-refractivity contribution in [2.75, 3.05) is 18.1 Å². The Hall–Kier alpha value is -2.57. The zero-order valence-corrected chi connectivity index (χ0v) is 20.1. The number of anilines is 1. The van der Waals surface area contributed by atoms with E-state index in [0.717, 1.165) is 24.0 Å². The van der Waals surface area contributed by atoms with E-state index in [4.69, 9.17) is 27.9 Å². The Balaban J connectivity index is 1.46. The van der Waals surface area contributed by atoms with Gasteiger partial charge in [-0.1, -0.05) is 35.3 Å². The predicted octanol–water partition coefficient (Wildman–Crippen LogP) is 5.48. The van der Waals surface area contributed by atoms with E-state index in [-0.39, 0.29) is 17.5 Å². The van der Waals surface area contributed by atoms with Crippen molar-refractivity contribution >= 4 is 46.7 Å². The minimum Gasteiger partial charge on any atom is -0.475 e. The molecule has 33 heavy (non-hydrogen) atoms. The summed E-state index contributed by atoms with van der Waals surface area (Å²) in [5.41, 5.74) is 1.17. The number of hydrogen-bond acceptors (Lipinski definition) is 4. The molecule has 2 aromatic rings.